The molecule has 0 aliphatic carbocycles. The fraction of sp³-hybridized carbons (Fsp3) is 0.615. The van der Waals surface area contributed by atoms with Crippen LogP contribution in [-0.4, -0.2) is 65.2 Å². The highest BCUT2D eigenvalue weighted by atomic mass is 32.2. The average Bonchev–Trinajstić information content (AvgIpc) is 2.43. The Morgan fingerprint density at radius 3 is 2.76 bits per heavy atom. The van der Waals surface area contributed by atoms with Crippen molar-refractivity contribution in [2.24, 2.45) is 0 Å². The van der Waals surface area contributed by atoms with E-state index in [1.165, 1.54) is 6.07 Å². The number of aromatic nitrogens is 1. The standard InChI is InChI=1S/C13H24N4O3S/c1-4-14-13-12(6-5-7-15-13)21(18,19)16-8-10-20-11-9-17(2)3/h5-7,16H,4,8-11H2,1-3H3,(H,14,15). The number of likely N-dealkylation sites (N-methyl/N-ethyl adjacent to an activating group) is 1. The lowest BCUT2D eigenvalue weighted by molar-refractivity contribution is 0.122. The molecule has 0 unspecified atom stereocenters. The zero-order chi connectivity index (χ0) is 15.7. The topological polar surface area (TPSA) is 83.6 Å². The van der Waals surface area contributed by atoms with Crippen molar-refractivity contribution in [1.82, 2.24) is 14.6 Å². The number of nitrogens with zero attached hydrogens (tertiary/aromatic N) is 2. The Labute approximate surface area is 126 Å². The molecule has 0 spiro atoms. The van der Waals surface area contributed by atoms with Crippen molar-refractivity contribution in [2.45, 2.75) is 11.8 Å². The van der Waals surface area contributed by atoms with Gasteiger partial charge in [-0.1, -0.05) is 0 Å². The van der Waals surface area contributed by atoms with Crippen molar-refractivity contribution in [3.63, 3.8) is 0 Å². The highest BCUT2D eigenvalue weighted by Gasteiger charge is 2.18. The van der Waals surface area contributed by atoms with E-state index >= 15 is 0 Å². The first kappa shape index (κ1) is 17.8. The van der Waals surface area contributed by atoms with Crippen molar-refractivity contribution < 1.29 is 13.2 Å². The molecule has 0 fully saturated rings. The van der Waals surface area contributed by atoms with Gasteiger partial charge in [0.05, 0.1) is 13.2 Å². The van der Waals surface area contributed by atoms with Crippen LogP contribution in [0, 0.1) is 0 Å². The summed E-state index contributed by atoms with van der Waals surface area (Å²) in [6.45, 7) is 4.44. The fourth-order valence-electron chi connectivity index (χ4n) is 1.58. The SMILES string of the molecule is CCNc1ncccc1S(=O)(=O)NCCOCCN(C)C. The Morgan fingerprint density at radius 2 is 2.10 bits per heavy atom. The van der Waals surface area contributed by atoms with E-state index in [9.17, 15) is 8.42 Å². The monoisotopic (exact) mass is 316 g/mol. The average molecular weight is 316 g/mol. The number of pyridine rings is 1. The molecule has 1 rings (SSSR count). The molecule has 1 aromatic rings. The summed E-state index contributed by atoms with van der Waals surface area (Å²) in [7, 11) is 0.328. The molecule has 0 saturated carbocycles. The minimum atomic E-state index is -3.58. The summed E-state index contributed by atoms with van der Waals surface area (Å²) in [5.74, 6) is 0.362. The maximum Gasteiger partial charge on any atom is 0.244 e. The van der Waals surface area contributed by atoms with Gasteiger partial charge in [-0.05, 0) is 33.2 Å². The number of rotatable bonds is 10. The lowest BCUT2D eigenvalue weighted by Gasteiger charge is -2.12. The molecule has 0 aliphatic heterocycles. The second-order valence-corrected chi connectivity index (χ2v) is 6.43. The van der Waals surface area contributed by atoms with Crippen LogP contribution >= 0.6 is 0 Å². The molecule has 0 bridgehead atoms. The van der Waals surface area contributed by atoms with Gasteiger partial charge >= 0.3 is 0 Å². The Balaban J connectivity index is 2.50. The van der Waals surface area contributed by atoms with Crippen LogP contribution in [0.4, 0.5) is 5.82 Å². The van der Waals surface area contributed by atoms with E-state index in [4.69, 9.17) is 4.74 Å². The van der Waals surface area contributed by atoms with Gasteiger partial charge < -0.3 is 15.0 Å². The number of sulfonamides is 1. The molecule has 7 nitrogen and oxygen atoms in total. The van der Waals surface area contributed by atoms with Crippen LogP contribution in [0.5, 0.6) is 0 Å². The number of anilines is 1. The Bertz CT molecular complexity index is 520. The Kier molecular flexibility index (Phi) is 7.58. The molecule has 21 heavy (non-hydrogen) atoms. The first-order valence-corrected chi connectivity index (χ1v) is 8.36. The van der Waals surface area contributed by atoms with E-state index in [-0.39, 0.29) is 11.4 Å². The van der Waals surface area contributed by atoms with Crippen LogP contribution in [0.3, 0.4) is 0 Å². The highest BCUT2D eigenvalue weighted by molar-refractivity contribution is 7.89. The van der Waals surface area contributed by atoms with Crippen molar-refractivity contribution in [3.8, 4) is 0 Å². The van der Waals surface area contributed by atoms with Gasteiger partial charge in [-0.2, -0.15) is 0 Å². The molecule has 1 heterocycles. The molecule has 8 heteroatoms. The van der Waals surface area contributed by atoms with E-state index in [1.807, 2.05) is 25.9 Å². The molecular formula is C13H24N4O3S. The van der Waals surface area contributed by atoms with Crippen LogP contribution in [-0.2, 0) is 14.8 Å². The van der Waals surface area contributed by atoms with E-state index in [2.05, 4.69) is 15.0 Å². The summed E-state index contributed by atoms with van der Waals surface area (Å²) in [4.78, 5) is 6.20. The fourth-order valence-corrected chi connectivity index (χ4v) is 2.73. The number of hydrogen-bond acceptors (Lipinski definition) is 6. The van der Waals surface area contributed by atoms with Gasteiger partial charge in [0, 0.05) is 25.8 Å². The summed E-state index contributed by atoms with van der Waals surface area (Å²) in [5.41, 5.74) is 0. The van der Waals surface area contributed by atoms with Gasteiger partial charge in [0.2, 0.25) is 10.0 Å². The predicted octanol–water partition coefficient (Wildman–Crippen LogP) is 0.370. The van der Waals surface area contributed by atoms with Crippen molar-refractivity contribution >= 4 is 15.8 Å². The predicted molar refractivity (Wildman–Crippen MR) is 83.0 cm³/mol. The lowest BCUT2D eigenvalue weighted by atomic mass is 10.4. The quantitative estimate of drug-likeness (QED) is 0.607. The molecule has 0 radical (unpaired) electrons. The summed E-state index contributed by atoms with van der Waals surface area (Å²) in [6.07, 6.45) is 1.56. The van der Waals surface area contributed by atoms with Gasteiger partial charge in [-0.25, -0.2) is 18.1 Å². The lowest BCUT2D eigenvalue weighted by Crippen LogP contribution is -2.29. The summed E-state index contributed by atoms with van der Waals surface area (Å²) in [5, 5.41) is 2.94. The van der Waals surface area contributed by atoms with Crippen LogP contribution < -0.4 is 10.0 Å². The Hall–Kier alpha value is -1.22. The van der Waals surface area contributed by atoms with Crippen LogP contribution in [0.1, 0.15) is 6.92 Å². The zero-order valence-electron chi connectivity index (χ0n) is 12.8. The van der Waals surface area contributed by atoms with Crippen LogP contribution in [0.2, 0.25) is 0 Å². The molecule has 120 valence electrons. The van der Waals surface area contributed by atoms with Crippen molar-refractivity contribution in [2.75, 3.05) is 52.3 Å². The minimum absolute atomic E-state index is 0.153. The van der Waals surface area contributed by atoms with Crippen LogP contribution in [0.15, 0.2) is 23.2 Å². The van der Waals surface area contributed by atoms with Gasteiger partial charge in [-0.15, -0.1) is 0 Å². The van der Waals surface area contributed by atoms with Crippen molar-refractivity contribution in [3.05, 3.63) is 18.3 Å². The summed E-state index contributed by atoms with van der Waals surface area (Å²) < 4.78 is 32.3. The van der Waals surface area contributed by atoms with Gasteiger partial charge in [-0.3, -0.25) is 0 Å². The molecule has 0 aliphatic rings. The van der Waals surface area contributed by atoms with Gasteiger partial charge in [0.1, 0.15) is 10.7 Å². The van der Waals surface area contributed by atoms with Gasteiger partial charge in [0.15, 0.2) is 0 Å². The zero-order valence-corrected chi connectivity index (χ0v) is 13.6. The van der Waals surface area contributed by atoms with E-state index in [0.717, 1.165) is 6.54 Å². The second-order valence-electron chi connectivity index (χ2n) is 4.69. The molecule has 1 aromatic heterocycles. The third kappa shape index (κ3) is 6.38. The second kappa shape index (κ2) is 8.93. The molecular weight excluding hydrogens is 292 g/mol. The summed E-state index contributed by atoms with van der Waals surface area (Å²) in [6, 6.07) is 3.13. The van der Waals surface area contributed by atoms with Crippen LogP contribution in [0.25, 0.3) is 0 Å². The van der Waals surface area contributed by atoms with E-state index in [0.29, 0.717) is 25.6 Å². The van der Waals surface area contributed by atoms with E-state index in [1.54, 1.807) is 12.3 Å². The van der Waals surface area contributed by atoms with E-state index < -0.39 is 10.0 Å². The first-order valence-electron chi connectivity index (χ1n) is 6.88. The smallest absolute Gasteiger partial charge is 0.244 e. The molecule has 0 amide bonds. The molecule has 0 aromatic carbocycles. The number of nitrogens with one attached hydrogen (secondary N) is 2. The van der Waals surface area contributed by atoms with Gasteiger partial charge in [0.25, 0.3) is 0 Å². The number of hydrogen-bond donors (Lipinski definition) is 2. The Morgan fingerprint density at radius 1 is 1.33 bits per heavy atom. The first-order chi connectivity index (χ1) is 9.97. The molecule has 2 N–H and O–H groups in total. The highest BCUT2D eigenvalue weighted by Crippen LogP contribution is 2.17. The minimum Gasteiger partial charge on any atom is -0.379 e. The molecule has 0 atom stereocenters. The normalized spacial score (nSPS) is 11.8. The largest absolute Gasteiger partial charge is 0.379 e. The molecule has 0 saturated heterocycles. The third-order valence-electron chi connectivity index (χ3n) is 2.63. The summed E-state index contributed by atoms with van der Waals surface area (Å²) >= 11 is 0. The third-order valence-corrected chi connectivity index (χ3v) is 4.12. The number of ether oxygens (including phenoxy) is 1. The maximum atomic E-state index is 12.2. The maximum absolute atomic E-state index is 12.2. The van der Waals surface area contributed by atoms with Crippen molar-refractivity contribution in [1.29, 1.82) is 0 Å².